The Labute approximate surface area is 229 Å². The van der Waals surface area contributed by atoms with Crippen molar-refractivity contribution in [2.45, 2.75) is 58.3 Å². The first-order chi connectivity index (χ1) is 18.3. The molecule has 3 atom stereocenters. The molecule has 2 aliphatic heterocycles. The number of benzene rings is 1. The van der Waals surface area contributed by atoms with Crippen molar-refractivity contribution in [3.05, 3.63) is 72.3 Å². The van der Waals surface area contributed by atoms with Crippen LogP contribution in [-0.2, 0) is 16.1 Å². The van der Waals surface area contributed by atoms with Gasteiger partial charge in [-0.05, 0) is 61.5 Å². The fraction of sp³-hybridized carbons (Fsp3) is 0.414. The van der Waals surface area contributed by atoms with Crippen LogP contribution in [0.1, 0.15) is 57.1 Å². The van der Waals surface area contributed by atoms with Crippen molar-refractivity contribution in [1.29, 1.82) is 0 Å². The average Bonchev–Trinajstić information content (AvgIpc) is 3.65. The van der Waals surface area contributed by atoms with Crippen LogP contribution in [0.5, 0.6) is 5.75 Å². The molecular formula is C29H35N5O3S. The van der Waals surface area contributed by atoms with E-state index in [1.807, 2.05) is 57.2 Å². The molecular weight excluding hydrogens is 498 g/mol. The molecule has 2 saturated heterocycles. The number of hydrogen-bond donors (Lipinski definition) is 2. The van der Waals surface area contributed by atoms with Crippen LogP contribution in [0.4, 0.5) is 11.4 Å². The van der Waals surface area contributed by atoms with E-state index in [1.165, 1.54) is 0 Å². The van der Waals surface area contributed by atoms with E-state index in [-0.39, 0.29) is 24.1 Å². The standard InChI is InChI=1S/C29H35N5O3S/c1-29(2,3)27(35)31-21-13-12-19(17-24(21)36-4)34-26(25(32-28(34)38)22-10-5-6-14-30-22)23-11-7-15-33(23)18-20-9-8-16-37-20/h5-7,10-15,17,20,25-26H,8-9,16,18H2,1-4H3,(H,31,35)(H,32,38)/t20-,25-,26+/m0/s1. The van der Waals surface area contributed by atoms with Crippen molar-refractivity contribution < 1.29 is 14.3 Å². The fourth-order valence-corrected chi connectivity index (χ4v) is 5.39. The van der Waals surface area contributed by atoms with Crippen molar-refractivity contribution in [3.63, 3.8) is 0 Å². The first-order valence-electron chi connectivity index (χ1n) is 13.0. The Morgan fingerprint density at radius 2 is 2.08 bits per heavy atom. The highest BCUT2D eigenvalue weighted by atomic mass is 32.1. The smallest absolute Gasteiger partial charge is 0.229 e. The van der Waals surface area contributed by atoms with Crippen molar-refractivity contribution in [2.24, 2.45) is 5.41 Å². The quantitative estimate of drug-likeness (QED) is 0.403. The highest BCUT2D eigenvalue weighted by Gasteiger charge is 2.42. The lowest BCUT2D eigenvalue weighted by atomic mass is 9.95. The minimum Gasteiger partial charge on any atom is -0.494 e. The van der Waals surface area contributed by atoms with Crippen LogP contribution in [0.3, 0.4) is 0 Å². The second-order valence-corrected chi connectivity index (χ2v) is 11.2. The molecule has 200 valence electrons. The number of anilines is 2. The number of ether oxygens (including phenoxy) is 2. The van der Waals surface area contributed by atoms with Gasteiger partial charge in [-0.3, -0.25) is 9.78 Å². The Morgan fingerprint density at radius 3 is 2.76 bits per heavy atom. The fourth-order valence-electron chi connectivity index (χ4n) is 5.05. The predicted molar refractivity (Wildman–Crippen MR) is 152 cm³/mol. The van der Waals surface area contributed by atoms with Crippen molar-refractivity contribution in [1.82, 2.24) is 14.9 Å². The van der Waals surface area contributed by atoms with Gasteiger partial charge in [-0.2, -0.15) is 0 Å². The van der Waals surface area contributed by atoms with Gasteiger partial charge in [-0.1, -0.05) is 26.8 Å². The maximum absolute atomic E-state index is 12.7. The number of methoxy groups -OCH3 is 1. The van der Waals surface area contributed by atoms with Crippen LogP contribution >= 0.6 is 12.2 Å². The van der Waals surface area contributed by atoms with Gasteiger partial charge in [0.15, 0.2) is 5.11 Å². The zero-order chi connectivity index (χ0) is 26.9. The van der Waals surface area contributed by atoms with Crippen molar-refractivity contribution in [3.8, 4) is 5.75 Å². The Hall–Kier alpha value is -3.43. The summed E-state index contributed by atoms with van der Waals surface area (Å²) in [5.74, 6) is 0.486. The van der Waals surface area contributed by atoms with Crippen molar-refractivity contribution in [2.75, 3.05) is 23.9 Å². The van der Waals surface area contributed by atoms with Gasteiger partial charge in [-0.25, -0.2) is 0 Å². The summed E-state index contributed by atoms with van der Waals surface area (Å²) in [7, 11) is 1.60. The molecule has 5 rings (SSSR count). The van der Waals surface area contributed by atoms with E-state index in [0.717, 1.165) is 43.1 Å². The van der Waals surface area contributed by atoms with Gasteiger partial charge in [0.1, 0.15) is 11.8 Å². The minimum atomic E-state index is -0.528. The van der Waals surface area contributed by atoms with Crippen molar-refractivity contribution >= 4 is 34.6 Å². The van der Waals surface area contributed by atoms with E-state index in [0.29, 0.717) is 16.5 Å². The third-order valence-corrected chi connectivity index (χ3v) is 7.40. The van der Waals surface area contributed by atoms with Gasteiger partial charge in [0.2, 0.25) is 5.91 Å². The summed E-state index contributed by atoms with van der Waals surface area (Å²) in [5.41, 5.74) is 2.98. The molecule has 2 fully saturated rings. The van der Waals surface area contributed by atoms with E-state index in [9.17, 15) is 4.79 Å². The lowest BCUT2D eigenvalue weighted by Crippen LogP contribution is -2.31. The molecule has 0 aliphatic carbocycles. The number of carbonyl (C=O) groups excluding carboxylic acids is 1. The second-order valence-electron chi connectivity index (χ2n) is 10.8. The summed E-state index contributed by atoms with van der Waals surface area (Å²) < 4.78 is 13.9. The minimum absolute atomic E-state index is 0.0815. The molecule has 1 amide bonds. The Bertz CT molecular complexity index is 1300. The maximum Gasteiger partial charge on any atom is 0.229 e. The molecule has 2 aliphatic rings. The SMILES string of the molecule is COc1cc(N2C(=S)N[C@@H](c3ccccn3)[C@H]2c2cccn2C[C@@H]2CCCO2)ccc1NC(=O)C(C)(C)C. The van der Waals surface area contributed by atoms with Crippen LogP contribution in [0.25, 0.3) is 0 Å². The summed E-state index contributed by atoms with van der Waals surface area (Å²) in [6.07, 6.45) is 6.27. The summed E-state index contributed by atoms with van der Waals surface area (Å²) >= 11 is 5.91. The molecule has 0 radical (unpaired) electrons. The lowest BCUT2D eigenvalue weighted by Gasteiger charge is -2.30. The van der Waals surface area contributed by atoms with Crippen LogP contribution in [0.2, 0.25) is 0 Å². The number of thiocarbonyl (C=S) groups is 1. The summed E-state index contributed by atoms with van der Waals surface area (Å²) in [5, 5.41) is 7.12. The zero-order valence-electron chi connectivity index (χ0n) is 22.3. The molecule has 2 aromatic heterocycles. The van der Waals surface area contributed by atoms with Gasteiger partial charge in [-0.15, -0.1) is 0 Å². The number of aromatic nitrogens is 2. The zero-order valence-corrected chi connectivity index (χ0v) is 23.1. The molecule has 0 unspecified atom stereocenters. The third kappa shape index (κ3) is 5.26. The molecule has 1 aromatic carbocycles. The molecule has 2 N–H and O–H groups in total. The van der Waals surface area contributed by atoms with Gasteiger partial charge < -0.3 is 29.6 Å². The number of rotatable bonds is 7. The Morgan fingerprint density at radius 1 is 1.24 bits per heavy atom. The molecule has 38 heavy (non-hydrogen) atoms. The first-order valence-corrected chi connectivity index (χ1v) is 13.4. The monoisotopic (exact) mass is 533 g/mol. The third-order valence-electron chi connectivity index (χ3n) is 7.08. The molecule has 4 heterocycles. The summed E-state index contributed by atoms with van der Waals surface area (Å²) in [6.45, 7) is 7.25. The van der Waals surface area contributed by atoms with Gasteiger partial charge in [0.25, 0.3) is 0 Å². The van der Waals surface area contributed by atoms with Crippen LogP contribution in [0, 0.1) is 5.41 Å². The highest BCUT2D eigenvalue weighted by molar-refractivity contribution is 7.80. The average molecular weight is 534 g/mol. The number of nitrogens with zero attached hydrogens (tertiary/aromatic N) is 3. The lowest BCUT2D eigenvalue weighted by molar-refractivity contribution is -0.123. The molecule has 9 heteroatoms. The van der Waals surface area contributed by atoms with E-state index in [4.69, 9.17) is 21.7 Å². The number of hydrogen-bond acceptors (Lipinski definition) is 5. The second kappa shape index (κ2) is 10.7. The topological polar surface area (TPSA) is 80.7 Å². The molecule has 0 saturated carbocycles. The number of pyridine rings is 1. The largest absolute Gasteiger partial charge is 0.494 e. The van der Waals surface area contributed by atoms with Crippen LogP contribution in [0.15, 0.2) is 60.9 Å². The summed E-state index contributed by atoms with van der Waals surface area (Å²) in [4.78, 5) is 19.4. The van der Waals surface area contributed by atoms with E-state index in [1.54, 1.807) is 13.3 Å². The van der Waals surface area contributed by atoms with E-state index < -0.39 is 5.41 Å². The first kappa shape index (κ1) is 26.2. The number of amides is 1. The van der Waals surface area contributed by atoms with Gasteiger partial charge in [0, 0.05) is 48.4 Å². The Kier molecular flexibility index (Phi) is 7.40. The molecule has 8 nitrogen and oxygen atoms in total. The molecule has 0 bridgehead atoms. The predicted octanol–water partition coefficient (Wildman–Crippen LogP) is 5.23. The summed E-state index contributed by atoms with van der Waals surface area (Å²) in [6, 6.07) is 15.6. The Balaban J connectivity index is 1.54. The normalized spacial score (nSPS) is 21.4. The van der Waals surface area contributed by atoms with Crippen LogP contribution in [-0.4, -0.2) is 40.4 Å². The molecule has 0 spiro atoms. The van der Waals surface area contributed by atoms with E-state index in [2.05, 4.69) is 43.4 Å². The van der Waals surface area contributed by atoms with E-state index >= 15 is 0 Å². The van der Waals surface area contributed by atoms with Gasteiger partial charge >= 0.3 is 0 Å². The number of carbonyl (C=O) groups is 1. The maximum atomic E-state index is 12.7. The van der Waals surface area contributed by atoms with Gasteiger partial charge in [0.05, 0.1) is 30.6 Å². The highest BCUT2D eigenvalue weighted by Crippen LogP contribution is 2.43. The molecule has 3 aromatic rings. The number of nitrogens with one attached hydrogen (secondary N) is 2. The van der Waals surface area contributed by atoms with Crippen LogP contribution < -0.4 is 20.3 Å².